The van der Waals surface area contributed by atoms with E-state index in [-0.39, 0.29) is 0 Å². The van der Waals surface area contributed by atoms with Crippen LogP contribution in [0, 0.1) is 0 Å². The van der Waals surface area contributed by atoms with Gasteiger partial charge in [0.05, 0.1) is 13.3 Å². The molecule has 1 heterocycles. The van der Waals surface area contributed by atoms with E-state index in [0.29, 0.717) is 6.04 Å². The zero-order chi connectivity index (χ0) is 15.7. The van der Waals surface area contributed by atoms with Crippen LogP contribution >= 0.6 is 0 Å². The Morgan fingerprint density at radius 1 is 0.682 bits per heavy atom. The Balaban J connectivity index is 1.64. The molecule has 1 N–H and O–H groups in total. The van der Waals surface area contributed by atoms with E-state index in [1.165, 1.54) is 103 Å². The van der Waals surface area contributed by atoms with E-state index in [9.17, 15) is 0 Å². The molecule has 0 aliphatic carbocycles. The molecule has 0 spiro atoms. The van der Waals surface area contributed by atoms with Crippen LogP contribution in [-0.2, 0) is 4.74 Å². The summed E-state index contributed by atoms with van der Waals surface area (Å²) in [7, 11) is 0. The molecule has 132 valence electrons. The molecule has 1 fully saturated rings. The summed E-state index contributed by atoms with van der Waals surface area (Å²) in [5.74, 6) is 0. The summed E-state index contributed by atoms with van der Waals surface area (Å²) in [5.41, 5.74) is 0. The van der Waals surface area contributed by atoms with Gasteiger partial charge in [0, 0.05) is 6.04 Å². The molecule has 0 amide bonds. The van der Waals surface area contributed by atoms with Crippen molar-refractivity contribution in [2.24, 2.45) is 0 Å². The molecule has 0 bridgehead atoms. The van der Waals surface area contributed by atoms with Crippen LogP contribution in [0.4, 0.5) is 0 Å². The predicted octanol–water partition coefficient (Wildman–Crippen LogP) is 6.19. The summed E-state index contributed by atoms with van der Waals surface area (Å²) < 4.78 is 5.32. The molecule has 1 aliphatic rings. The number of nitrogens with one attached hydrogen (secondary N) is 1. The average molecular weight is 312 g/mol. The standard InChI is InChI=1S/C20H41NO/c1-2-3-4-5-6-7-8-9-10-11-12-13-14-15-16-17-20-18-22-19-21-20/h20-21H,2-19H2,1H3. The number of rotatable bonds is 16. The Morgan fingerprint density at radius 2 is 1.14 bits per heavy atom. The van der Waals surface area contributed by atoms with Gasteiger partial charge in [-0.2, -0.15) is 0 Å². The summed E-state index contributed by atoms with van der Waals surface area (Å²) in [4.78, 5) is 0. The maximum atomic E-state index is 5.32. The summed E-state index contributed by atoms with van der Waals surface area (Å²) in [6.07, 6.45) is 23.0. The largest absolute Gasteiger partial charge is 0.365 e. The van der Waals surface area contributed by atoms with Crippen molar-refractivity contribution in [2.45, 2.75) is 116 Å². The molecule has 1 unspecified atom stereocenters. The van der Waals surface area contributed by atoms with Gasteiger partial charge < -0.3 is 4.74 Å². The lowest BCUT2D eigenvalue weighted by Gasteiger charge is -2.07. The average Bonchev–Trinajstić information content (AvgIpc) is 3.04. The van der Waals surface area contributed by atoms with Crippen LogP contribution in [0.25, 0.3) is 0 Å². The first-order chi connectivity index (χ1) is 10.9. The van der Waals surface area contributed by atoms with Gasteiger partial charge >= 0.3 is 0 Å². The lowest BCUT2D eigenvalue weighted by molar-refractivity contribution is 0.188. The monoisotopic (exact) mass is 311 g/mol. The highest BCUT2D eigenvalue weighted by molar-refractivity contribution is 4.68. The fourth-order valence-corrected chi connectivity index (χ4v) is 3.38. The number of ether oxygens (including phenoxy) is 1. The van der Waals surface area contributed by atoms with Crippen molar-refractivity contribution >= 4 is 0 Å². The highest BCUT2D eigenvalue weighted by atomic mass is 16.5. The van der Waals surface area contributed by atoms with Gasteiger partial charge in [0.25, 0.3) is 0 Å². The van der Waals surface area contributed by atoms with Gasteiger partial charge in [-0.05, 0) is 6.42 Å². The number of hydrogen-bond acceptors (Lipinski definition) is 2. The van der Waals surface area contributed by atoms with Crippen molar-refractivity contribution < 1.29 is 4.74 Å². The van der Waals surface area contributed by atoms with Crippen molar-refractivity contribution in [2.75, 3.05) is 13.3 Å². The van der Waals surface area contributed by atoms with Crippen molar-refractivity contribution in [3.05, 3.63) is 0 Å². The molecule has 0 radical (unpaired) electrons. The molecule has 1 saturated heterocycles. The van der Waals surface area contributed by atoms with E-state index < -0.39 is 0 Å². The van der Waals surface area contributed by atoms with Crippen LogP contribution < -0.4 is 5.32 Å². The zero-order valence-corrected chi connectivity index (χ0v) is 15.2. The quantitative estimate of drug-likeness (QED) is 0.343. The SMILES string of the molecule is CCCCCCCCCCCCCCCCCC1COCN1. The van der Waals surface area contributed by atoms with Crippen LogP contribution in [0.2, 0.25) is 0 Å². The van der Waals surface area contributed by atoms with Crippen LogP contribution in [0.15, 0.2) is 0 Å². The second kappa shape index (κ2) is 15.8. The number of unbranched alkanes of at least 4 members (excludes halogenated alkanes) is 14. The fraction of sp³-hybridized carbons (Fsp3) is 1.00. The second-order valence-corrected chi connectivity index (χ2v) is 7.15. The maximum absolute atomic E-state index is 5.32. The van der Waals surface area contributed by atoms with Gasteiger partial charge in [0.1, 0.15) is 0 Å². The highest BCUT2D eigenvalue weighted by Gasteiger charge is 2.12. The third kappa shape index (κ3) is 12.5. The zero-order valence-electron chi connectivity index (χ0n) is 15.2. The van der Waals surface area contributed by atoms with Crippen LogP contribution in [-0.4, -0.2) is 19.4 Å². The molecule has 22 heavy (non-hydrogen) atoms. The predicted molar refractivity (Wildman–Crippen MR) is 97.3 cm³/mol. The van der Waals surface area contributed by atoms with Gasteiger partial charge in [-0.1, -0.05) is 103 Å². The Labute approximate surface area is 139 Å². The normalized spacial score (nSPS) is 18.1. The van der Waals surface area contributed by atoms with E-state index in [1.54, 1.807) is 0 Å². The van der Waals surface area contributed by atoms with E-state index in [2.05, 4.69) is 12.2 Å². The van der Waals surface area contributed by atoms with Gasteiger partial charge in [-0.25, -0.2) is 0 Å². The summed E-state index contributed by atoms with van der Waals surface area (Å²) in [6.45, 7) is 3.99. The lowest BCUT2D eigenvalue weighted by Crippen LogP contribution is -2.23. The Bertz CT molecular complexity index is 214. The molecular weight excluding hydrogens is 270 g/mol. The Hall–Kier alpha value is -0.0800. The number of hydrogen-bond donors (Lipinski definition) is 1. The van der Waals surface area contributed by atoms with Gasteiger partial charge in [0.2, 0.25) is 0 Å². The van der Waals surface area contributed by atoms with Crippen molar-refractivity contribution in [1.29, 1.82) is 0 Å². The smallest absolute Gasteiger partial charge is 0.0968 e. The first-order valence-electron chi connectivity index (χ1n) is 10.2. The van der Waals surface area contributed by atoms with Crippen molar-refractivity contribution in [1.82, 2.24) is 5.32 Å². The minimum atomic E-state index is 0.641. The molecule has 1 aliphatic heterocycles. The third-order valence-electron chi connectivity index (χ3n) is 4.95. The second-order valence-electron chi connectivity index (χ2n) is 7.15. The molecular formula is C20H41NO. The third-order valence-corrected chi connectivity index (χ3v) is 4.95. The molecule has 0 aromatic carbocycles. The summed E-state index contributed by atoms with van der Waals surface area (Å²) >= 11 is 0. The lowest BCUT2D eigenvalue weighted by atomic mass is 10.0. The van der Waals surface area contributed by atoms with Gasteiger partial charge in [-0.3, -0.25) is 5.32 Å². The first kappa shape index (κ1) is 20.0. The van der Waals surface area contributed by atoms with E-state index in [0.717, 1.165) is 13.3 Å². The van der Waals surface area contributed by atoms with Crippen molar-refractivity contribution in [3.8, 4) is 0 Å². The Morgan fingerprint density at radius 3 is 1.55 bits per heavy atom. The van der Waals surface area contributed by atoms with Gasteiger partial charge in [0.15, 0.2) is 0 Å². The van der Waals surface area contributed by atoms with Gasteiger partial charge in [-0.15, -0.1) is 0 Å². The molecule has 0 aromatic heterocycles. The van der Waals surface area contributed by atoms with Crippen LogP contribution in [0.1, 0.15) is 110 Å². The van der Waals surface area contributed by atoms with Crippen LogP contribution in [0.3, 0.4) is 0 Å². The van der Waals surface area contributed by atoms with E-state index >= 15 is 0 Å². The minimum Gasteiger partial charge on any atom is -0.365 e. The molecule has 2 nitrogen and oxygen atoms in total. The van der Waals surface area contributed by atoms with Crippen molar-refractivity contribution in [3.63, 3.8) is 0 Å². The Kier molecular flexibility index (Phi) is 14.3. The summed E-state index contributed by atoms with van der Waals surface area (Å²) in [5, 5.41) is 3.38. The van der Waals surface area contributed by atoms with Crippen LogP contribution in [0.5, 0.6) is 0 Å². The highest BCUT2D eigenvalue weighted by Crippen LogP contribution is 2.14. The van der Waals surface area contributed by atoms with E-state index in [4.69, 9.17) is 4.74 Å². The fourth-order valence-electron chi connectivity index (χ4n) is 3.38. The molecule has 0 aromatic rings. The maximum Gasteiger partial charge on any atom is 0.0968 e. The first-order valence-corrected chi connectivity index (χ1v) is 10.2. The molecule has 1 rings (SSSR count). The summed E-state index contributed by atoms with van der Waals surface area (Å²) in [6, 6.07) is 0.641. The molecule has 0 saturated carbocycles. The molecule has 1 atom stereocenters. The topological polar surface area (TPSA) is 21.3 Å². The van der Waals surface area contributed by atoms with E-state index in [1.807, 2.05) is 0 Å². The minimum absolute atomic E-state index is 0.641. The molecule has 2 heteroatoms.